The largest absolute Gasteiger partial charge is 0.372 e. The first-order valence-corrected chi connectivity index (χ1v) is 10.0. The number of nitrogens with one attached hydrogen (secondary N) is 1. The average molecular weight is 364 g/mol. The molecule has 4 rings (SSSR count). The number of aromatic nitrogens is 2. The summed E-state index contributed by atoms with van der Waals surface area (Å²) in [5.41, 5.74) is 4.98. The molecule has 0 bridgehead atoms. The lowest BCUT2D eigenvalue weighted by Crippen LogP contribution is -2.45. The minimum atomic E-state index is 0.986. The normalized spacial score (nSPS) is 15.4. The Morgan fingerprint density at radius 2 is 1.74 bits per heavy atom. The molecule has 0 spiro atoms. The monoisotopic (exact) mass is 363 g/mol. The third-order valence-corrected chi connectivity index (χ3v) is 5.65. The number of anilines is 2. The predicted molar refractivity (Wildman–Crippen MR) is 114 cm³/mol. The fourth-order valence-corrected chi connectivity index (χ4v) is 4.01. The van der Waals surface area contributed by atoms with Gasteiger partial charge in [-0.15, -0.1) is 0 Å². The van der Waals surface area contributed by atoms with Gasteiger partial charge in [0.2, 0.25) is 0 Å². The molecule has 0 atom stereocenters. The molecular formula is C22H29N5. The number of pyridine rings is 1. The summed E-state index contributed by atoms with van der Waals surface area (Å²) in [4.78, 5) is 15.1. The standard InChI is InChI=1S/C22H29N5/c1-3-26(4-2)19-7-9-20(10-8-19)27-14-12-25(13-15-27)17-18-16-24-22-21(18)6-5-11-23-22/h5-11,16H,3-4,12-15,17H2,1-2H3,(H,23,24). The topological polar surface area (TPSA) is 38.4 Å². The Bertz CT molecular complexity index is 858. The highest BCUT2D eigenvalue weighted by atomic mass is 15.3. The fraction of sp³-hybridized carbons (Fsp3) is 0.409. The molecule has 1 aliphatic rings. The second-order valence-corrected chi connectivity index (χ2v) is 7.17. The molecule has 0 saturated carbocycles. The van der Waals surface area contributed by atoms with Crippen LogP contribution in [0.2, 0.25) is 0 Å². The second-order valence-electron chi connectivity index (χ2n) is 7.17. The van der Waals surface area contributed by atoms with Gasteiger partial charge in [-0.2, -0.15) is 0 Å². The SMILES string of the molecule is CCN(CC)c1ccc(N2CCN(Cc3c[nH]c4ncccc34)CC2)cc1. The maximum absolute atomic E-state index is 4.39. The van der Waals surface area contributed by atoms with Crippen LogP contribution in [0.3, 0.4) is 0 Å². The van der Waals surface area contributed by atoms with Crippen molar-refractivity contribution in [1.82, 2.24) is 14.9 Å². The van der Waals surface area contributed by atoms with Gasteiger partial charge in [0, 0.05) is 75.0 Å². The molecule has 0 amide bonds. The number of rotatable bonds is 6. The lowest BCUT2D eigenvalue weighted by Gasteiger charge is -2.36. The van der Waals surface area contributed by atoms with Crippen LogP contribution in [-0.4, -0.2) is 54.1 Å². The highest BCUT2D eigenvalue weighted by Crippen LogP contribution is 2.23. The van der Waals surface area contributed by atoms with E-state index in [0.29, 0.717) is 0 Å². The van der Waals surface area contributed by atoms with Gasteiger partial charge in [-0.3, -0.25) is 4.90 Å². The summed E-state index contributed by atoms with van der Waals surface area (Å²) in [5.74, 6) is 0. The van der Waals surface area contributed by atoms with Crippen molar-refractivity contribution >= 4 is 22.4 Å². The lowest BCUT2D eigenvalue weighted by molar-refractivity contribution is 0.250. The molecule has 1 fully saturated rings. The van der Waals surface area contributed by atoms with Gasteiger partial charge in [0.15, 0.2) is 0 Å². The van der Waals surface area contributed by atoms with Crippen molar-refractivity contribution in [3.05, 3.63) is 54.4 Å². The number of piperazine rings is 1. The summed E-state index contributed by atoms with van der Waals surface area (Å²) in [5, 5.41) is 1.24. The first-order chi connectivity index (χ1) is 13.3. The van der Waals surface area contributed by atoms with Crippen LogP contribution in [0.25, 0.3) is 11.0 Å². The number of hydrogen-bond acceptors (Lipinski definition) is 4. The van der Waals surface area contributed by atoms with Crippen molar-refractivity contribution in [2.45, 2.75) is 20.4 Å². The first-order valence-electron chi connectivity index (χ1n) is 10.0. The summed E-state index contributed by atoms with van der Waals surface area (Å²) in [7, 11) is 0. The maximum Gasteiger partial charge on any atom is 0.137 e. The van der Waals surface area contributed by atoms with E-state index in [1.165, 1.54) is 22.3 Å². The van der Waals surface area contributed by atoms with Gasteiger partial charge in [0.25, 0.3) is 0 Å². The fourth-order valence-electron chi connectivity index (χ4n) is 4.01. The van der Waals surface area contributed by atoms with E-state index in [1.54, 1.807) is 0 Å². The van der Waals surface area contributed by atoms with Gasteiger partial charge in [-0.1, -0.05) is 0 Å². The van der Waals surface area contributed by atoms with Gasteiger partial charge < -0.3 is 14.8 Å². The number of benzene rings is 1. The zero-order valence-corrected chi connectivity index (χ0v) is 16.4. The Balaban J connectivity index is 1.36. The first kappa shape index (κ1) is 17.9. The van der Waals surface area contributed by atoms with Gasteiger partial charge >= 0.3 is 0 Å². The van der Waals surface area contributed by atoms with Gasteiger partial charge in [-0.05, 0) is 55.8 Å². The van der Waals surface area contributed by atoms with Crippen LogP contribution in [0.15, 0.2) is 48.8 Å². The van der Waals surface area contributed by atoms with Gasteiger partial charge in [0.05, 0.1) is 0 Å². The molecule has 1 aromatic carbocycles. The van der Waals surface area contributed by atoms with E-state index in [-0.39, 0.29) is 0 Å². The molecule has 27 heavy (non-hydrogen) atoms. The zero-order chi connectivity index (χ0) is 18.6. The Morgan fingerprint density at radius 1 is 1.00 bits per heavy atom. The third kappa shape index (κ3) is 3.78. The number of aromatic amines is 1. The third-order valence-electron chi connectivity index (χ3n) is 5.65. The number of hydrogen-bond donors (Lipinski definition) is 1. The average Bonchev–Trinajstić information content (AvgIpc) is 3.13. The van der Waals surface area contributed by atoms with Crippen LogP contribution in [0, 0.1) is 0 Å². The molecule has 5 heteroatoms. The quantitative estimate of drug-likeness (QED) is 0.724. The lowest BCUT2D eigenvalue weighted by atomic mass is 10.2. The summed E-state index contributed by atoms with van der Waals surface area (Å²) < 4.78 is 0. The molecular weight excluding hydrogens is 334 g/mol. The molecule has 5 nitrogen and oxygen atoms in total. The number of H-pyrrole nitrogens is 1. The molecule has 3 aromatic rings. The Morgan fingerprint density at radius 3 is 2.44 bits per heavy atom. The molecule has 1 N–H and O–H groups in total. The van der Waals surface area contributed by atoms with Crippen molar-refractivity contribution in [3.8, 4) is 0 Å². The molecule has 0 unspecified atom stereocenters. The van der Waals surface area contributed by atoms with Crippen molar-refractivity contribution in [2.75, 3.05) is 49.1 Å². The molecule has 2 aromatic heterocycles. The van der Waals surface area contributed by atoms with Crippen LogP contribution >= 0.6 is 0 Å². The molecule has 0 radical (unpaired) electrons. The van der Waals surface area contributed by atoms with Gasteiger partial charge in [-0.25, -0.2) is 4.98 Å². The summed E-state index contributed by atoms with van der Waals surface area (Å²) >= 11 is 0. The highest BCUT2D eigenvalue weighted by Gasteiger charge is 2.18. The molecule has 1 saturated heterocycles. The maximum atomic E-state index is 4.39. The molecule has 0 aliphatic carbocycles. The van der Waals surface area contributed by atoms with Crippen LogP contribution in [-0.2, 0) is 6.54 Å². The Kier molecular flexibility index (Phi) is 5.30. The zero-order valence-electron chi connectivity index (χ0n) is 16.4. The van der Waals surface area contributed by atoms with E-state index in [0.717, 1.165) is 51.5 Å². The Labute approximate surface area is 161 Å². The minimum Gasteiger partial charge on any atom is -0.372 e. The van der Waals surface area contributed by atoms with E-state index in [4.69, 9.17) is 0 Å². The smallest absolute Gasteiger partial charge is 0.137 e. The second kappa shape index (κ2) is 8.01. The number of nitrogens with zero attached hydrogens (tertiary/aromatic N) is 4. The Hall–Kier alpha value is -2.53. The summed E-state index contributed by atoms with van der Waals surface area (Å²) in [6, 6.07) is 13.2. The van der Waals surface area contributed by atoms with Crippen LogP contribution in [0.1, 0.15) is 19.4 Å². The minimum absolute atomic E-state index is 0.986. The summed E-state index contributed by atoms with van der Waals surface area (Å²) in [6.07, 6.45) is 3.95. The van der Waals surface area contributed by atoms with Crippen molar-refractivity contribution in [2.24, 2.45) is 0 Å². The predicted octanol–water partition coefficient (Wildman–Crippen LogP) is 3.73. The van der Waals surface area contributed by atoms with Crippen molar-refractivity contribution < 1.29 is 0 Å². The summed E-state index contributed by atoms with van der Waals surface area (Å²) in [6.45, 7) is 11.8. The number of fused-ring (bicyclic) bond motifs is 1. The van der Waals surface area contributed by atoms with E-state index in [2.05, 4.69) is 75.0 Å². The van der Waals surface area contributed by atoms with Gasteiger partial charge in [0.1, 0.15) is 5.65 Å². The van der Waals surface area contributed by atoms with E-state index in [1.807, 2.05) is 12.3 Å². The highest BCUT2D eigenvalue weighted by molar-refractivity contribution is 5.79. The van der Waals surface area contributed by atoms with E-state index < -0.39 is 0 Å². The van der Waals surface area contributed by atoms with Crippen LogP contribution in [0.4, 0.5) is 11.4 Å². The molecule has 142 valence electrons. The molecule has 3 heterocycles. The van der Waals surface area contributed by atoms with Crippen LogP contribution < -0.4 is 9.80 Å². The molecule has 1 aliphatic heterocycles. The van der Waals surface area contributed by atoms with E-state index >= 15 is 0 Å². The van der Waals surface area contributed by atoms with Crippen molar-refractivity contribution in [3.63, 3.8) is 0 Å². The van der Waals surface area contributed by atoms with Crippen LogP contribution in [0.5, 0.6) is 0 Å². The van der Waals surface area contributed by atoms with Crippen molar-refractivity contribution in [1.29, 1.82) is 0 Å². The van der Waals surface area contributed by atoms with E-state index in [9.17, 15) is 0 Å².